The van der Waals surface area contributed by atoms with E-state index in [0.717, 1.165) is 72.9 Å². The minimum Gasteiger partial charge on any atom is -0.582 e. The van der Waals surface area contributed by atoms with Crippen molar-refractivity contribution in [2.24, 2.45) is 0 Å². The average molecular weight is 1110 g/mol. The van der Waals surface area contributed by atoms with Crippen molar-refractivity contribution in [2.45, 2.75) is 125 Å². The molecule has 4 nitrogen and oxygen atoms in total. The molecule has 0 atom stereocenters. The van der Waals surface area contributed by atoms with E-state index >= 15 is 0 Å². The van der Waals surface area contributed by atoms with Crippen molar-refractivity contribution in [3.63, 3.8) is 0 Å². The summed E-state index contributed by atoms with van der Waals surface area (Å²) in [5.41, 5.74) is 14.6. The fraction of sp³-hybridized carbons (Fsp3) is 0.313. The van der Waals surface area contributed by atoms with Gasteiger partial charge in [-0.05, 0) is 103 Å². The summed E-state index contributed by atoms with van der Waals surface area (Å²) in [6, 6.07) is 49.5. The molecule has 0 aliphatic carbocycles. The molecule has 8 rings (SSSR count). The monoisotopic (exact) mass is 1100 g/mol. The van der Waals surface area contributed by atoms with Crippen LogP contribution in [0.5, 0.6) is 17.2 Å². The Hall–Kier alpha value is -5.30. The van der Waals surface area contributed by atoms with E-state index in [1.54, 1.807) is 22.7 Å². The molecule has 5 N–H and O–H groups in total. The zero-order valence-corrected chi connectivity index (χ0v) is 50.5. The van der Waals surface area contributed by atoms with Crippen molar-refractivity contribution in [3.05, 3.63) is 209 Å². The first-order valence-corrected chi connectivity index (χ1v) is 27.2. The van der Waals surface area contributed by atoms with Gasteiger partial charge in [0.05, 0.1) is 15.3 Å². The molecular formula is C67H82O4S2Zr. The Balaban J connectivity index is 0.000000252. The van der Waals surface area contributed by atoms with E-state index in [2.05, 4.69) is 158 Å². The van der Waals surface area contributed by atoms with Crippen molar-refractivity contribution >= 4 is 22.7 Å². The molecule has 6 aromatic carbocycles. The van der Waals surface area contributed by atoms with E-state index in [1.807, 2.05) is 102 Å². The van der Waals surface area contributed by atoms with Gasteiger partial charge in [0.1, 0.15) is 18.1 Å². The smallest absolute Gasteiger partial charge is 0.262 e. The zero-order valence-electron chi connectivity index (χ0n) is 46.4. The second-order valence-corrected chi connectivity index (χ2v) is 24.7. The average Bonchev–Trinajstić information content (AvgIpc) is 3.92. The Morgan fingerprint density at radius 3 is 1.16 bits per heavy atom. The number of aryl methyl sites for hydroxylation is 1. The summed E-state index contributed by atoms with van der Waals surface area (Å²) in [6.07, 6.45) is 1.77. The standard InChI is InChI=1S/C28H36O3S.C25H30OS.2C7H7.Zr/c1-27(2,3)20-15-19(16-21(17-20)28(4,5)6)26-25(30)23(18-32-26)22-11-7-8-12-24(22)31-14-10-9-13-29;1-16-10-8-9-11-20(16)21-15-27-23(22(21)26)17-12-18(24(2,3)4)14-19(13-17)25(5,6)7;2*1-7-5-3-2-4-6-7;/h7-8,11-12,15-18,29-30H,9-10,13-14H2,1-6H3;8-15,26H,1-7H3;2*2-6H,1H2;/q;;2*-1;/p+2. The molecule has 0 bridgehead atoms. The fourth-order valence-corrected chi connectivity index (χ4v) is 9.75. The number of benzene rings is 6. The number of rotatable bonds is 9. The normalized spacial score (nSPS) is 11.4. The van der Waals surface area contributed by atoms with Crippen LogP contribution in [0.2, 0.25) is 0 Å². The molecule has 390 valence electrons. The molecule has 0 fully saturated rings. The third-order valence-electron chi connectivity index (χ3n) is 12.6. The van der Waals surface area contributed by atoms with Crippen molar-refractivity contribution in [1.82, 2.24) is 0 Å². The number of hydrogen-bond donors (Lipinski definition) is 2. The number of unbranched alkanes of at least 4 members (excludes halogenated alkanes) is 1. The molecule has 2 heterocycles. The van der Waals surface area contributed by atoms with Gasteiger partial charge in [-0.3, -0.25) is 0 Å². The van der Waals surface area contributed by atoms with Crippen LogP contribution in [0.4, 0.5) is 0 Å². The summed E-state index contributed by atoms with van der Waals surface area (Å²) < 4.78 is 4.75. The Bertz CT molecular complexity index is 2870. The van der Waals surface area contributed by atoms with Crippen LogP contribution < -0.4 is 0 Å². The minimum absolute atomic E-state index is 0. The Kier molecular flexibility index (Phi) is 22.3. The molecule has 0 spiro atoms. The molecule has 8 aromatic rings. The predicted molar refractivity (Wildman–Crippen MR) is 319 cm³/mol. The van der Waals surface area contributed by atoms with E-state index < -0.39 is 0 Å². The number of aliphatic hydroxyl groups is 1. The van der Waals surface area contributed by atoms with Gasteiger partial charge in [-0.15, -0.1) is 46.9 Å². The Morgan fingerprint density at radius 1 is 0.459 bits per heavy atom. The maximum absolute atomic E-state index is 11.3. The van der Waals surface area contributed by atoms with Crippen LogP contribution in [-0.2, 0) is 47.9 Å². The minimum atomic E-state index is 0. The summed E-state index contributed by atoms with van der Waals surface area (Å²) >= 11 is 3.21. The van der Waals surface area contributed by atoms with Crippen molar-refractivity contribution in [2.75, 3.05) is 13.2 Å². The van der Waals surface area contributed by atoms with Crippen LogP contribution >= 0.6 is 22.7 Å². The third kappa shape index (κ3) is 17.4. The van der Waals surface area contributed by atoms with Gasteiger partial charge < -0.3 is 20.1 Å². The number of ether oxygens (including phenoxy) is 1. The van der Waals surface area contributed by atoms with Crippen molar-refractivity contribution in [1.29, 1.82) is 0 Å². The number of thiophene rings is 2. The van der Waals surface area contributed by atoms with Gasteiger partial charge in [0.25, 0.3) is 5.75 Å². The third-order valence-corrected chi connectivity index (χ3v) is 14.6. The second-order valence-electron chi connectivity index (χ2n) is 22.9. The molecule has 7 heteroatoms. The summed E-state index contributed by atoms with van der Waals surface area (Å²) in [7, 11) is 0. The number of para-hydroxylation sites is 1. The molecular weight excluding hydrogens is 1020 g/mol. The first-order valence-electron chi connectivity index (χ1n) is 25.4. The largest absolute Gasteiger partial charge is 0.582 e. The predicted octanol–water partition coefficient (Wildman–Crippen LogP) is 18.6. The number of hydrogen-bond acceptors (Lipinski definition) is 4. The van der Waals surface area contributed by atoms with Crippen molar-refractivity contribution in [3.8, 4) is 60.4 Å². The molecule has 0 unspecified atom stereocenters. The summed E-state index contributed by atoms with van der Waals surface area (Å²) in [6.45, 7) is 37.5. The van der Waals surface area contributed by atoms with Gasteiger partial charge in [-0.25, -0.2) is 0 Å². The number of aromatic hydroxyl groups is 3. The van der Waals surface area contributed by atoms with Gasteiger partial charge >= 0.3 is 0 Å². The van der Waals surface area contributed by atoms with E-state index in [0.29, 0.717) is 24.7 Å². The first-order chi connectivity index (χ1) is 34.3. The molecule has 0 aliphatic rings. The first kappa shape index (κ1) is 61.3. The molecule has 74 heavy (non-hydrogen) atoms. The van der Waals surface area contributed by atoms with Crippen LogP contribution in [0.25, 0.3) is 43.1 Å². The van der Waals surface area contributed by atoms with Crippen LogP contribution in [0.15, 0.2) is 156 Å². The van der Waals surface area contributed by atoms with Gasteiger partial charge in [-0.1, -0.05) is 144 Å². The Labute approximate surface area is 472 Å². The molecule has 0 radical (unpaired) electrons. The van der Waals surface area contributed by atoms with Gasteiger partial charge in [0.2, 0.25) is 0 Å². The van der Waals surface area contributed by atoms with E-state index in [-0.39, 0.29) is 47.9 Å². The van der Waals surface area contributed by atoms with Crippen LogP contribution in [0, 0.1) is 20.8 Å². The van der Waals surface area contributed by atoms with Crippen molar-refractivity contribution < 1.29 is 46.3 Å². The molecule has 2 aromatic heterocycles. The van der Waals surface area contributed by atoms with E-state index in [9.17, 15) is 10.2 Å². The zero-order chi connectivity index (χ0) is 53.7. The van der Waals surface area contributed by atoms with Gasteiger partial charge in [0.15, 0.2) is 6.61 Å². The quantitative estimate of drug-likeness (QED) is 0.0858. The molecule has 0 aliphatic heterocycles. The topological polar surface area (TPSA) is 76.2 Å². The maximum Gasteiger partial charge on any atom is 0.262 e. The van der Waals surface area contributed by atoms with E-state index in [1.165, 1.54) is 27.8 Å². The second kappa shape index (κ2) is 27.0. The van der Waals surface area contributed by atoms with Crippen LogP contribution in [0.1, 0.15) is 135 Å². The maximum atomic E-state index is 11.3. The SMILES string of the molecule is CC(C)(C)c1cc(-c2scc(-c3ccccc3[OH+]CCCC[OH2+])c2O)cc(C(C)(C)C)c1.Cc1ccccc1-c1csc(-c2cc(C(C)(C)C)cc(C(C)(C)C)c2)c1O.[CH2-]c1ccccc1.[CH2-]c1ccccc1.[Zr]. The fourth-order valence-electron chi connectivity index (χ4n) is 7.85. The van der Waals surface area contributed by atoms with Gasteiger partial charge in [0, 0.05) is 67.0 Å². The summed E-state index contributed by atoms with van der Waals surface area (Å²) in [5, 5.41) is 33.8. The molecule has 0 amide bonds. The molecule has 0 saturated heterocycles. The van der Waals surface area contributed by atoms with Crippen LogP contribution in [-0.4, -0.2) is 33.3 Å². The van der Waals surface area contributed by atoms with E-state index in [4.69, 9.17) is 9.84 Å². The summed E-state index contributed by atoms with van der Waals surface area (Å²) in [5.74, 6) is 1.62. The Morgan fingerprint density at radius 2 is 0.811 bits per heavy atom. The summed E-state index contributed by atoms with van der Waals surface area (Å²) in [4.78, 5) is 1.85. The van der Waals surface area contributed by atoms with Gasteiger partial charge in [-0.2, -0.15) is 49.2 Å². The molecule has 0 saturated carbocycles. The van der Waals surface area contributed by atoms with Crippen LogP contribution in [0.3, 0.4) is 0 Å².